The number of ether oxygens (including phenoxy) is 1. The maximum absolute atomic E-state index is 6.18. The molecule has 0 radical (unpaired) electrons. The average Bonchev–Trinajstić information content (AvgIpc) is 2.77. The number of anilines is 1. The Hall–Kier alpha value is -2.42. The summed E-state index contributed by atoms with van der Waals surface area (Å²) >= 11 is 0. The minimum Gasteiger partial charge on any atom is -0.436 e. The second kappa shape index (κ2) is 4.11. The number of para-hydroxylation sites is 2. The zero-order valence-electron chi connectivity index (χ0n) is 10.1. The first-order chi connectivity index (χ1) is 8.77. The van der Waals surface area contributed by atoms with Gasteiger partial charge in [-0.05, 0) is 12.1 Å². The molecule has 0 bridgehead atoms. The monoisotopic (exact) mass is 238 g/mol. The molecule has 0 amide bonds. The molecule has 0 aliphatic carbocycles. The van der Waals surface area contributed by atoms with E-state index in [1.165, 1.54) is 0 Å². The van der Waals surface area contributed by atoms with Crippen molar-refractivity contribution in [2.24, 2.45) is 5.73 Å². The second-order valence-corrected chi connectivity index (χ2v) is 4.21. The molecule has 0 unspecified atom stereocenters. The molecule has 1 aliphatic heterocycles. The van der Waals surface area contributed by atoms with Gasteiger partial charge in [-0.1, -0.05) is 42.5 Å². The zero-order valence-corrected chi connectivity index (χ0v) is 10.1. The van der Waals surface area contributed by atoms with Gasteiger partial charge in [-0.15, -0.1) is 0 Å². The molecule has 2 aromatic carbocycles. The van der Waals surface area contributed by atoms with Crippen molar-refractivity contribution in [3.05, 3.63) is 66.0 Å². The lowest BCUT2D eigenvalue weighted by molar-refractivity contribution is 0.445. The van der Waals surface area contributed by atoms with Crippen molar-refractivity contribution in [2.75, 3.05) is 11.9 Å². The summed E-state index contributed by atoms with van der Waals surface area (Å²) in [4.78, 5) is 1.97. The van der Waals surface area contributed by atoms with Crippen molar-refractivity contribution < 1.29 is 4.74 Å². The normalized spacial score (nSPS) is 16.2. The van der Waals surface area contributed by atoms with E-state index in [0.29, 0.717) is 11.6 Å². The highest BCUT2D eigenvalue weighted by atomic mass is 16.5. The van der Waals surface area contributed by atoms with Crippen LogP contribution in [-0.2, 0) is 0 Å². The fourth-order valence-corrected chi connectivity index (χ4v) is 2.08. The van der Waals surface area contributed by atoms with Gasteiger partial charge in [0.1, 0.15) is 5.70 Å². The summed E-state index contributed by atoms with van der Waals surface area (Å²) in [6.45, 7) is 0. The van der Waals surface area contributed by atoms with Crippen molar-refractivity contribution >= 4 is 11.4 Å². The maximum Gasteiger partial charge on any atom is 0.224 e. The maximum atomic E-state index is 6.18. The third kappa shape index (κ3) is 1.61. The topological polar surface area (TPSA) is 38.5 Å². The highest BCUT2D eigenvalue weighted by Gasteiger charge is 2.25. The van der Waals surface area contributed by atoms with Crippen molar-refractivity contribution in [1.29, 1.82) is 0 Å². The molecule has 0 saturated carbocycles. The molecule has 0 saturated heterocycles. The Bertz CT molecular complexity index is 605. The second-order valence-electron chi connectivity index (χ2n) is 4.21. The van der Waals surface area contributed by atoms with Crippen molar-refractivity contribution in [3.8, 4) is 5.75 Å². The molecule has 0 atom stereocenters. The van der Waals surface area contributed by atoms with Gasteiger partial charge >= 0.3 is 0 Å². The minimum atomic E-state index is 0.648. The van der Waals surface area contributed by atoms with E-state index in [9.17, 15) is 0 Å². The number of fused-ring (bicyclic) bond motifs is 1. The van der Waals surface area contributed by atoms with Crippen LogP contribution in [0.25, 0.3) is 5.70 Å². The number of nitrogens with two attached hydrogens (primary N) is 1. The van der Waals surface area contributed by atoms with Gasteiger partial charge in [0, 0.05) is 12.6 Å². The van der Waals surface area contributed by atoms with E-state index < -0.39 is 0 Å². The van der Waals surface area contributed by atoms with Crippen LogP contribution in [0.5, 0.6) is 5.75 Å². The predicted molar refractivity (Wildman–Crippen MR) is 73.0 cm³/mol. The lowest BCUT2D eigenvalue weighted by atomic mass is 10.1. The number of benzene rings is 2. The molecular weight excluding hydrogens is 224 g/mol. The van der Waals surface area contributed by atoms with Gasteiger partial charge in [0.2, 0.25) is 5.88 Å². The minimum absolute atomic E-state index is 0.648. The Kier molecular flexibility index (Phi) is 2.45. The van der Waals surface area contributed by atoms with Crippen LogP contribution in [0.2, 0.25) is 0 Å². The highest BCUT2D eigenvalue weighted by molar-refractivity contribution is 5.75. The zero-order chi connectivity index (χ0) is 12.5. The van der Waals surface area contributed by atoms with Gasteiger partial charge < -0.3 is 15.4 Å². The van der Waals surface area contributed by atoms with Crippen molar-refractivity contribution in [2.45, 2.75) is 0 Å². The molecule has 3 nitrogen and oxygen atoms in total. The first-order valence-corrected chi connectivity index (χ1v) is 5.83. The lowest BCUT2D eigenvalue weighted by Gasteiger charge is -2.14. The molecule has 3 rings (SSSR count). The lowest BCUT2D eigenvalue weighted by Crippen LogP contribution is -2.18. The molecule has 1 heterocycles. The van der Waals surface area contributed by atoms with Crippen LogP contribution in [0.1, 0.15) is 5.56 Å². The van der Waals surface area contributed by atoms with E-state index in [0.717, 1.165) is 17.0 Å². The summed E-state index contributed by atoms with van der Waals surface area (Å²) in [6.07, 6.45) is 0. The predicted octanol–water partition coefficient (Wildman–Crippen LogP) is 2.80. The Morgan fingerprint density at radius 1 is 1.00 bits per heavy atom. The van der Waals surface area contributed by atoms with Crippen LogP contribution in [0.4, 0.5) is 5.69 Å². The van der Waals surface area contributed by atoms with Gasteiger partial charge in [0.15, 0.2) is 5.75 Å². The summed E-state index contributed by atoms with van der Waals surface area (Å²) in [6, 6.07) is 17.7. The molecule has 0 fully saturated rings. The van der Waals surface area contributed by atoms with E-state index in [-0.39, 0.29) is 0 Å². The summed E-state index contributed by atoms with van der Waals surface area (Å²) in [7, 11) is 1.96. The third-order valence-corrected chi connectivity index (χ3v) is 3.05. The summed E-state index contributed by atoms with van der Waals surface area (Å²) < 4.78 is 5.82. The molecule has 90 valence electrons. The Labute approximate surface area is 106 Å². The van der Waals surface area contributed by atoms with Crippen LogP contribution in [0, 0.1) is 0 Å². The van der Waals surface area contributed by atoms with E-state index in [1.54, 1.807) is 0 Å². The summed E-state index contributed by atoms with van der Waals surface area (Å²) in [5.41, 5.74) is 8.83. The van der Waals surface area contributed by atoms with E-state index in [1.807, 2.05) is 66.5 Å². The van der Waals surface area contributed by atoms with E-state index in [4.69, 9.17) is 10.5 Å². The molecular formula is C15H14N2O. The Morgan fingerprint density at radius 2 is 1.67 bits per heavy atom. The van der Waals surface area contributed by atoms with Gasteiger partial charge in [0.25, 0.3) is 0 Å². The largest absolute Gasteiger partial charge is 0.436 e. The van der Waals surface area contributed by atoms with Gasteiger partial charge in [-0.25, -0.2) is 0 Å². The molecule has 0 spiro atoms. The van der Waals surface area contributed by atoms with Crippen molar-refractivity contribution in [3.63, 3.8) is 0 Å². The number of hydrogen-bond acceptors (Lipinski definition) is 3. The molecule has 3 heteroatoms. The fraction of sp³-hybridized carbons (Fsp3) is 0.0667. The van der Waals surface area contributed by atoms with Crippen LogP contribution in [0.3, 0.4) is 0 Å². The standard InChI is InChI=1S/C15H14N2O/c1-17-12-9-5-6-10-13(12)18-15(17)14(16)11-7-3-2-4-8-11/h2-10H,16H2,1H3. The molecule has 2 aromatic rings. The average molecular weight is 238 g/mol. The van der Waals surface area contributed by atoms with Crippen LogP contribution in [0.15, 0.2) is 60.5 Å². The van der Waals surface area contributed by atoms with Gasteiger partial charge in [-0.3, -0.25) is 0 Å². The first-order valence-electron chi connectivity index (χ1n) is 5.83. The molecule has 2 N–H and O–H groups in total. The Morgan fingerprint density at radius 3 is 2.39 bits per heavy atom. The van der Waals surface area contributed by atoms with Crippen LogP contribution < -0.4 is 15.4 Å². The Balaban J connectivity index is 2.06. The molecule has 1 aliphatic rings. The summed E-state index contributed by atoms with van der Waals surface area (Å²) in [5, 5.41) is 0. The third-order valence-electron chi connectivity index (χ3n) is 3.05. The van der Waals surface area contributed by atoms with Crippen LogP contribution in [-0.4, -0.2) is 7.05 Å². The van der Waals surface area contributed by atoms with Crippen LogP contribution >= 0.6 is 0 Å². The quantitative estimate of drug-likeness (QED) is 0.830. The van der Waals surface area contributed by atoms with E-state index in [2.05, 4.69) is 0 Å². The SMILES string of the molecule is CN1C(=C(N)c2ccccc2)Oc2ccccc21. The fourth-order valence-electron chi connectivity index (χ4n) is 2.08. The molecule has 0 aromatic heterocycles. The van der Waals surface area contributed by atoms with E-state index >= 15 is 0 Å². The molecule has 18 heavy (non-hydrogen) atoms. The van der Waals surface area contributed by atoms with Gasteiger partial charge in [-0.2, -0.15) is 0 Å². The smallest absolute Gasteiger partial charge is 0.224 e. The van der Waals surface area contributed by atoms with Crippen molar-refractivity contribution in [1.82, 2.24) is 0 Å². The number of hydrogen-bond donors (Lipinski definition) is 1. The highest BCUT2D eigenvalue weighted by Crippen LogP contribution is 2.38. The summed E-state index contributed by atoms with van der Waals surface area (Å²) in [5.74, 6) is 1.52. The number of rotatable bonds is 1. The number of nitrogens with zero attached hydrogens (tertiary/aromatic N) is 1. The van der Waals surface area contributed by atoms with Gasteiger partial charge in [0.05, 0.1) is 5.69 Å². The first kappa shape index (κ1) is 10.7.